The number of likely N-dealkylation sites (N-methyl/N-ethyl adjacent to an activating group) is 1. The highest BCUT2D eigenvalue weighted by Gasteiger charge is 2.34. The fourth-order valence-electron chi connectivity index (χ4n) is 3.34. The number of rotatable bonds is 3. The Morgan fingerprint density at radius 3 is 2.86 bits per heavy atom. The summed E-state index contributed by atoms with van der Waals surface area (Å²) in [6.45, 7) is 2.71. The molecule has 1 unspecified atom stereocenters. The van der Waals surface area contributed by atoms with Gasteiger partial charge in [0.15, 0.2) is 16.5 Å². The summed E-state index contributed by atoms with van der Waals surface area (Å²) in [5, 5.41) is 1.73. The van der Waals surface area contributed by atoms with Crippen molar-refractivity contribution in [3.05, 3.63) is 41.3 Å². The number of benzene rings is 1. The largest absolute Gasteiger partial charge is 0.494 e. The molecule has 4 rings (SSSR count). The number of aromatic nitrogens is 2. The van der Waals surface area contributed by atoms with Crippen LogP contribution in [0.2, 0.25) is 0 Å². The van der Waals surface area contributed by atoms with E-state index in [-0.39, 0.29) is 17.6 Å². The first-order valence-electron chi connectivity index (χ1n) is 8.77. The molecule has 2 amide bonds. The van der Waals surface area contributed by atoms with Crippen LogP contribution in [0.1, 0.15) is 17.4 Å². The lowest BCUT2D eigenvalue weighted by Crippen LogP contribution is -2.56. The van der Waals surface area contributed by atoms with Crippen LogP contribution in [0.25, 0.3) is 16.2 Å². The fraction of sp³-hybridized carbons (Fsp3) is 0.316. The average Bonchev–Trinajstić information content (AvgIpc) is 3.26. The molecule has 0 saturated carbocycles. The Bertz CT molecular complexity index is 1080. The molecule has 0 bridgehead atoms. The van der Waals surface area contributed by atoms with Gasteiger partial charge in [0, 0.05) is 37.3 Å². The normalized spacial score (nSPS) is 17.4. The van der Waals surface area contributed by atoms with Crippen molar-refractivity contribution in [2.24, 2.45) is 0 Å². The third-order valence-corrected chi connectivity index (χ3v) is 5.85. The van der Waals surface area contributed by atoms with Crippen molar-refractivity contribution in [2.45, 2.75) is 13.0 Å². The van der Waals surface area contributed by atoms with Gasteiger partial charge in [0.1, 0.15) is 11.7 Å². The third-order valence-electron chi connectivity index (χ3n) is 5.01. The first-order valence-corrected chi connectivity index (χ1v) is 9.65. The molecule has 1 fully saturated rings. The second-order valence-electron chi connectivity index (χ2n) is 6.68. The number of hydrogen-bond donors (Lipinski definition) is 0. The molecule has 1 atom stereocenters. The number of ether oxygens (including phenoxy) is 1. The number of fused-ring (bicyclic) bond motifs is 1. The number of nitrogens with zero attached hydrogens (tertiary/aromatic N) is 4. The minimum Gasteiger partial charge on any atom is -0.494 e. The molecular formula is C19H19FN4O3S. The summed E-state index contributed by atoms with van der Waals surface area (Å²) in [4.78, 5) is 33.6. The SMILES string of the molecule is COc1ccc(-c2cn3c(C(=O)N4CCN(C)C(=O)C4C)csc3n2)cc1F. The zero-order chi connectivity index (χ0) is 20.0. The van der Waals surface area contributed by atoms with E-state index in [4.69, 9.17) is 4.74 Å². The molecule has 7 nitrogen and oxygen atoms in total. The summed E-state index contributed by atoms with van der Waals surface area (Å²) in [6, 6.07) is 4.10. The van der Waals surface area contributed by atoms with E-state index in [1.807, 2.05) is 0 Å². The predicted octanol–water partition coefficient (Wildman–Crippen LogP) is 2.51. The minimum absolute atomic E-state index is 0.0777. The monoisotopic (exact) mass is 402 g/mol. The third kappa shape index (κ3) is 2.91. The van der Waals surface area contributed by atoms with Gasteiger partial charge in [0.05, 0.1) is 12.8 Å². The van der Waals surface area contributed by atoms with Gasteiger partial charge in [0.2, 0.25) is 5.91 Å². The zero-order valence-corrected chi connectivity index (χ0v) is 16.5. The van der Waals surface area contributed by atoms with Gasteiger partial charge in [0.25, 0.3) is 5.91 Å². The number of carbonyl (C=O) groups excluding carboxylic acids is 2. The number of piperazine rings is 1. The summed E-state index contributed by atoms with van der Waals surface area (Å²) in [7, 11) is 3.15. The summed E-state index contributed by atoms with van der Waals surface area (Å²) in [6.07, 6.45) is 1.71. The van der Waals surface area contributed by atoms with Crippen LogP contribution in [0.3, 0.4) is 0 Å². The van der Waals surface area contributed by atoms with Crippen molar-refractivity contribution >= 4 is 28.1 Å². The Labute approximate surface area is 165 Å². The maximum absolute atomic E-state index is 14.0. The zero-order valence-electron chi connectivity index (χ0n) is 15.7. The molecule has 1 saturated heterocycles. The number of carbonyl (C=O) groups is 2. The minimum atomic E-state index is -0.514. The van der Waals surface area contributed by atoms with E-state index in [1.165, 1.54) is 24.5 Å². The van der Waals surface area contributed by atoms with Crippen LogP contribution < -0.4 is 4.74 Å². The van der Waals surface area contributed by atoms with Crippen molar-refractivity contribution in [3.63, 3.8) is 0 Å². The van der Waals surface area contributed by atoms with Crippen LogP contribution in [-0.4, -0.2) is 64.3 Å². The van der Waals surface area contributed by atoms with Gasteiger partial charge >= 0.3 is 0 Å². The lowest BCUT2D eigenvalue weighted by Gasteiger charge is -2.37. The molecule has 1 aliphatic heterocycles. The molecule has 0 spiro atoms. The van der Waals surface area contributed by atoms with Crippen molar-refractivity contribution in [1.29, 1.82) is 0 Å². The van der Waals surface area contributed by atoms with Gasteiger partial charge < -0.3 is 14.5 Å². The van der Waals surface area contributed by atoms with Crippen LogP contribution in [0.5, 0.6) is 5.75 Å². The Morgan fingerprint density at radius 2 is 2.14 bits per heavy atom. The molecule has 146 valence electrons. The summed E-state index contributed by atoms with van der Waals surface area (Å²) < 4.78 is 20.7. The van der Waals surface area contributed by atoms with E-state index in [9.17, 15) is 14.0 Å². The Morgan fingerprint density at radius 1 is 1.36 bits per heavy atom. The number of thiazole rings is 1. The maximum Gasteiger partial charge on any atom is 0.272 e. The van der Waals surface area contributed by atoms with E-state index in [0.29, 0.717) is 35.0 Å². The second kappa shape index (κ2) is 6.90. The molecular weight excluding hydrogens is 383 g/mol. The molecule has 28 heavy (non-hydrogen) atoms. The number of imidazole rings is 1. The molecule has 1 aliphatic rings. The topological polar surface area (TPSA) is 67.2 Å². The summed E-state index contributed by atoms with van der Waals surface area (Å²) in [5.41, 5.74) is 1.60. The molecule has 2 aromatic heterocycles. The summed E-state index contributed by atoms with van der Waals surface area (Å²) >= 11 is 1.33. The van der Waals surface area contributed by atoms with Crippen LogP contribution in [0.4, 0.5) is 4.39 Å². The lowest BCUT2D eigenvalue weighted by atomic mass is 10.1. The summed E-state index contributed by atoms with van der Waals surface area (Å²) in [5.74, 6) is -0.608. The van der Waals surface area contributed by atoms with Crippen molar-refractivity contribution < 1.29 is 18.7 Å². The molecule has 9 heteroatoms. The fourth-order valence-corrected chi connectivity index (χ4v) is 4.19. The number of methoxy groups -OCH3 is 1. The second-order valence-corrected chi connectivity index (χ2v) is 7.52. The van der Waals surface area contributed by atoms with Crippen LogP contribution >= 0.6 is 11.3 Å². The Balaban J connectivity index is 1.67. The van der Waals surface area contributed by atoms with E-state index in [2.05, 4.69) is 4.98 Å². The van der Waals surface area contributed by atoms with E-state index < -0.39 is 11.9 Å². The van der Waals surface area contributed by atoms with Gasteiger partial charge in [-0.15, -0.1) is 11.3 Å². The quantitative estimate of drug-likeness (QED) is 0.675. The number of hydrogen-bond acceptors (Lipinski definition) is 5. The predicted molar refractivity (Wildman–Crippen MR) is 103 cm³/mol. The van der Waals surface area contributed by atoms with Crippen molar-refractivity contribution in [3.8, 4) is 17.0 Å². The van der Waals surface area contributed by atoms with E-state index in [1.54, 1.807) is 51.9 Å². The van der Waals surface area contributed by atoms with Gasteiger partial charge in [-0.1, -0.05) is 0 Å². The highest BCUT2D eigenvalue weighted by Crippen LogP contribution is 2.28. The van der Waals surface area contributed by atoms with Gasteiger partial charge in [-0.25, -0.2) is 9.37 Å². The highest BCUT2D eigenvalue weighted by atomic mass is 32.1. The standard InChI is InChI=1S/C19H19FN4O3S/c1-11-17(25)22(2)6-7-23(11)18(26)15-10-28-19-21-14(9-24(15)19)12-4-5-16(27-3)13(20)8-12/h4-5,8-11H,6-7H2,1-3H3. The highest BCUT2D eigenvalue weighted by molar-refractivity contribution is 7.15. The average molecular weight is 402 g/mol. The molecule has 0 N–H and O–H groups in total. The molecule has 0 aliphatic carbocycles. The smallest absolute Gasteiger partial charge is 0.272 e. The van der Waals surface area contributed by atoms with Crippen LogP contribution in [-0.2, 0) is 4.79 Å². The molecule has 3 aromatic rings. The number of amides is 2. The van der Waals surface area contributed by atoms with E-state index in [0.717, 1.165) is 0 Å². The number of halogens is 1. The maximum atomic E-state index is 14.0. The van der Waals surface area contributed by atoms with Crippen molar-refractivity contribution in [1.82, 2.24) is 19.2 Å². The molecule has 1 aromatic carbocycles. The lowest BCUT2D eigenvalue weighted by molar-refractivity contribution is -0.137. The van der Waals surface area contributed by atoms with E-state index >= 15 is 0 Å². The molecule has 0 radical (unpaired) electrons. The Kier molecular flexibility index (Phi) is 4.54. The molecule has 3 heterocycles. The van der Waals surface area contributed by atoms with Crippen LogP contribution in [0, 0.1) is 5.82 Å². The first kappa shape index (κ1) is 18.4. The first-order chi connectivity index (χ1) is 13.4. The Hall–Kier alpha value is -2.94. The van der Waals surface area contributed by atoms with Crippen LogP contribution in [0.15, 0.2) is 29.8 Å². The van der Waals surface area contributed by atoms with Gasteiger partial charge in [-0.3, -0.25) is 14.0 Å². The van der Waals surface area contributed by atoms with Gasteiger partial charge in [-0.2, -0.15) is 0 Å². The van der Waals surface area contributed by atoms with Crippen molar-refractivity contribution in [2.75, 3.05) is 27.2 Å². The van der Waals surface area contributed by atoms with Gasteiger partial charge in [-0.05, 0) is 25.1 Å².